The van der Waals surface area contributed by atoms with Gasteiger partial charge in [0.25, 0.3) is 11.8 Å². The van der Waals surface area contributed by atoms with Crippen LogP contribution in [0.25, 0.3) is 22.7 Å². The van der Waals surface area contributed by atoms with Crippen LogP contribution in [-0.4, -0.2) is 42.9 Å². The van der Waals surface area contributed by atoms with Crippen LogP contribution in [0.1, 0.15) is 41.3 Å². The predicted octanol–water partition coefficient (Wildman–Crippen LogP) is 4.70. The highest BCUT2D eigenvalue weighted by molar-refractivity contribution is 6.19. The number of para-hydroxylation sites is 1. The topological polar surface area (TPSA) is 155 Å². The Morgan fingerprint density at radius 3 is 2.52 bits per heavy atom. The molecule has 1 fully saturated rings. The number of nitrogens with one attached hydrogen (secondary N) is 2. The van der Waals surface area contributed by atoms with Crippen molar-refractivity contribution >= 4 is 23.3 Å². The zero-order valence-corrected chi connectivity index (χ0v) is 21.8. The van der Waals surface area contributed by atoms with Gasteiger partial charge in [-0.3, -0.25) is 4.79 Å². The Hall–Kier alpha value is -5.83. The Kier molecular flexibility index (Phi) is 6.16. The number of hydrogen-bond donors (Lipinski definition) is 2. The Labute approximate surface area is 238 Å². The zero-order valence-electron chi connectivity index (χ0n) is 21.8. The first kappa shape index (κ1) is 25.2. The van der Waals surface area contributed by atoms with Crippen LogP contribution in [0.2, 0.25) is 0 Å². The number of hydrogen-bond acceptors (Lipinski definition) is 10. The number of benzene rings is 2. The number of amides is 1. The summed E-state index contributed by atoms with van der Waals surface area (Å²) in [6, 6.07) is 17.3. The summed E-state index contributed by atoms with van der Waals surface area (Å²) in [5, 5.41) is 23.1. The third-order valence-corrected chi connectivity index (χ3v) is 6.90. The lowest BCUT2D eigenvalue weighted by Gasteiger charge is -2.11. The van der Waals surface area contributed by atoms with Crippen LogP contribution < -0.4 is 10.6 Å². The molecule has 1 aliphatic carbocycles. The maximum atomic E-state index is 14.8. The lowest BCUT2D eigenvalue weighted by molar-refractivity contribution is -0.116. The maximum Gasteiger partial charge on any atom is 0.317 e. The number of nitrogens with zero attached hydrogens (tertiary/aromatic N) is 7. The number of halogens is 1. The highest BCUT2D eigenvalue weighted by Crippen LogP contribution is 2.38. The van der Waals surface area contributed by atoms with Gasteiger partial charge in [-0.25, -0.2) is 24.3 Å². The van der Waals surface area contributed by atoms with E-state index < -0.39 is 17.9 Å². The molecule has 7 rings (SSSR count). The lowest BCUT2D eigenvalue weighted by Crippen LogP contribution is -2.32. The number of benzodiazepines with no additional fused rings is 1. The number of aromatic nitrogens is 5. The van der Waals surface area contributed by atoms with Crippen LogP contribution in [0.15, 0.2) is 82.6 Å². The molecule has 5 aromatic rings. The van der Waals surface area contributed by atoms with Crippen LogP contribution >= 0.6 is 0 Å². The fraction of sp³-hybridized carbons (Fsp3) is 0.133. The summed E-state index contributed by atoms with van der Waals surface area (Å²) in [4.78, 5) is 31.2. The highest BCUT2D eigenvalue weighted by atomic mass is 19.1. The average molecular weight is 558 g/mol. The van der Waals surface area contributed by atoms with E-state index in [9.17, 15) is 14.4 Å². The number of rotatable bonds is 6. The zero-order chi connectivity index (χ0) is 28.6. The number of carbonyl (C=O) groups is 1. The van der Waals surface area contributed by atoms with E-state index in [-0.39, 0.29) is 17.6 Å². The Morgan fingerprint density at radius 1 is 0.952 bits per heavy atom. The first-order chi connectivity index (χ1) is 20.6. The van der Waals surface area contributed by atoms with Crippen LogP contribution in [0, 0.1) is 17.1 Å². The van der Waals surface area contributed by atoms with Gasteiger partial charge in [0.2, 0.25) is 6.17 Å². The summed E-state index contributed by atoms with van der Waals surface area (Å²) in [5.74, 6) is 0.0186. The minimum absolute atomic E-state index is 0.0296. The van der Waals surface area contributed by atoms with Gasteiger partial charge in [-0.2, -0.15) is 5.26 Å². The molecule has 0 radical (unpaired) electrons. The summed E-state index contributed by atoms with van der Waals surface area (Å²) in [5.41, 5.74) is 3.38. The number of aliphatic imine (C=N–C) groups is 1. The molecule has 11 nitrogen and oxygen atoms in total. The summed E-state index contributed by atoms with van der Waals surface area (Å²) < 4.78 is 20.7. The number of pyridine rings is 1. The third-order valence-electron chi connectivity index (χ3n) is 6.90. The number of carbonyl (C=O) groups excluding carboxylic acids is 1. The molecule has 1 saturated carbocycles. The van der Waals surface area contributed by atoms with Crippen LogP contribution in [0.3, 0.4) is 0 Å². The van der Waals surface area contributed by atoms with Crippen molar-refractivity contribution in [1.82, 2.24) is 25.1 Å². The Morgan fingerprint density at radius 2 is 1.76 bits per heavy atom. The molecule has 2 N–H and O–H groups in total. The third kappa shape index (κ3) is 4.73. The fourth-order valence-corrected chi connectivity index (χ4v) is 4.66. The molecule has 1 amide bonds. The van der Waals surface area contributed by atoms with Gasteiger partial charge in [-0.15, -0.1) is 5.10 Å². The number of nitriles is 1. The van der Waals surface area contributed by atoms with Gasteiger partial charge in [-0.1, -0.05) is 47.6 Å². The second-order valence-corrected chi connectivity index (χ2v) is 9.79. The standard InChI is InChI=1S/C30H20FN9O2/c31-22-8-4-7-20-23(17-5-2-1-3-6-17)36-27(28(41)37-24(20)22)38-30-40-39-29(42-30)25-21(11-16(12-32)13-33-25)19-14-34-26(35-15-19)18-9-10-18/h1-8,11,13-15,18,27H,9-10H2,(H,37,41)(H,38,40)/t27-/m1/s1. The monoisotopic (exact) mass is 557 g/mol. The molecule has 12 heteroatoms. The largest absolute Gasteiger partial charge is 0.402 e. The van der Waals surface area contributed by atoms with Crippen molar-refractivity contribution in [2.45, 2.75) is 24.9 Å². The molecule has 3 aromatic heterocycles. The smallest absolute Gasteiger partial charge is 0.317 e. The van der Waals surface area contributed by atoms with E-state index in [2.05, 4.69) is 46.8 Å². The van der Waals surface area contributed by atoms with Gasteiger partial charge < -0.3 is 15.1 Å². The molecule has 204 valence electrons. The van der Waals surface area contributed by atoms with Gasteiger partial charge in [0, 0.05) is 46.8 Å². The molecule has 0 unspecified atom stereocenters. The van der Waals surface area contributed by atoms with E-state index in [1.54, 1.807) is 30.6 Å². The van der Waals surface area contributed by atoms with Crippen molar-refractivity contribution in [3.8, 4) is 28.8 Å². The number of fused-ring (bicyclic) bond motifs is 1. The van der Waals surface area contributed by atoms with Crippen molar-refractivity contribution < 1.29 is 13.6 Å². The van der Waals surface area contributed by atoms with Crippen LogP contribution in [0.5, 0.6) is 0 Å². The van der Waals surface area contributed by atoms with E-state index in [0.717, 1.165) is 18.7 Å². The molecule has 4 heterocycles. The fourth-order valence-electron chi connectivity index (χ4n) is 4.66. The summed E-state index contributed by atoms with van der Waals surface area (Å²) >= 11 is 0. The Balaban J connectivity index is 1.23. The molecule has 1 aliphatic heterocycles. The number of anilines is 2. The van der Waals surface area contributed by atoms with Crippen molar-refractivity contribution in [2.24, 2.45) is 4.99 Å². The second-order valence-electron chi connectivity index (χ2n) is 9.79. The molecular formula is C30H20FN9O2. The molecule has 42 heavy (non-hydrogen) atoms. The second kappa shape index (κ2) is 10.3. The SMILES string of the molecule is N#Cc1cnc(-c2nnc(N[C@H]3N=C(c4ccccc4)c4cccc(F)c4NC3=O)o2)c(-c2cnc(C3CC3)nc2)c1. The summed E-state index contributed by atoms with van der Waals surface area (Å²) in [6.07, 6.45) is 5.69. The minimum Gasteiger partial charge on any atom is -0.402 e. The molecule has 2 aliphatic rings. The van der Waals surface area contributed by atoms with Gasteiger partial charge in [0.1, 0.15) is 23.4 Å². The van der Waals surface area contributed by atoms with E-state index in [1.807, 2.05) is 30.3 Å². The van der Waals surface area contributed by atoms with Crippen LogP contribution in [-0.2, 0) is 4.79 Å². The molecule has 0 saturated heterocycles. The predicted molar refractivity (Wildman–Crippen MR) is 150 cm³/mol. The van der Waals surface area contributed by atoms with Crippen molar-refractivity contribution in [2.75, 3.05) is 10.6 Å². The van der Waals surface area contributed by atoms with Gasteiger partial charge in [0.15, 0.2) is 0 Å². The summed E-state index contributed by atoms with van der Waals surface area (Å²) in [7, 11) is 0. The molecule has 0 spiro atoms. The van der Waals surface area contributed by atoms with Crippen molar-refractivity contribution in [1.29, 1.82) is 5.26 Å². The lowest BCUT2D eigenvalue weighted by atomic mass is 10.0. The molecular weight excluding hydrogens is 537 g/mol. The van der Waals surface area contributed by atoms with Crippen molar-refractivity contribution in [3.63, 3.8) is 0 Å². The van der Waals surface area contributed by atoms with E-state index >= 15 is 0 Å². The molecule has 2 aromatic carbocycles. The molecule has 1 atom stereocenters. The first-order valence-electron chi connectivity index (χ1n) is 13.1. The Bertz CT molecular complexity index is 1890. The van der Waals surface area contributed by atoms with Gasteiger partial charge in [0.05, 0.1) is 17.0 Å². The van der Waals surface area contributed by atoms with Gasteiger partial charge >= 0.3 is 6.01 Å². The van der Waals surface area contributed by atoms with Crippen LogP contribution in [0.4, 0.5) is 16.1 Å². The highest BCUT2D eigenvalue weighted by Gasteiger charge is 2.30. The van der Waals surface area contributed by atoms with E-state index in [4.69, 9.17) is 4.42 Å². The summed E-state index contributed by atoms with van der Waals surface area (Å²) in [6.45, 7) is 0. The minimum atomic E-state index is -1.22. The maximum absolute atomic E-state index is 14.8. The van der Waals surface area contributed by atoms with E-state index in [0.29, 0.717) is 45.1 Å². The van der Waals surface area contributed by atoms with Gasteiger partial charge in [-0.05, 0) is 25.0 Å². The van der Waals surface area contributed by atoms with E-state index in [1.165, 1.54) is 12.3 Å². The average Bonchev–Trinajstić information content (AvgIpc) is 3.80. The quantitative estimate of drug-likeness (QED) is 0.302. The first-order valence-corrected chi connectivity index (χ1v) is 13.1. The normalized spacial score (nSPS) is 16.0. The van der Waals surface area contributed by atoms with Crippen molar-refractivity contribution in [3.05, 3.63) is 102 Å². The molecule has 0 bridgehead atoms.